The summed E-state index contributed by atoms with van der Waals surface area (Å²) in [7, 11) is 0. The number of aliphatic hydroxyl groups excluding tert-OH is 1. The second-order valence-corrected chi connectivity index (χ2v) is 6.44. The fourth-order valence-electron chi connectivity index (χ4n) is 3.00. The van der Waals surface area contributed by atoms with Gasteiger partial charge in [-0.05, 0) is 30.4 Å². The Labute approximate surface area is 118 Å². The highest BCUT2D eigenvalue weighted by Gasteiger charge is 2.33. The van der Waals surface area contributed by atoms with Crippen LogP contribution < -0.4 is 0 Å². The molecule has 0 aromatic heterocycles. The van der Waals surface area contributed by atoms with Gasteiger partial charge in [0.25, 0.3) is 0 Å². The summed E-state index contributed by atoms with van der Waals surface area (Å²) >= 11 is 1.78. The number of carbonyl (C=O) groups is 1. The number of piperidine rings is 1. The fraction of sp³-hybridized carbons (Fsp3) is 0.533. The summed E-state index contributed by atoms with van der Waals surface area (Å²) in [5.74, 6) is 1.38. The number of fused-ring (bicyclic) bond motifs is 1. The Balaban J connectivity index is 1.75. The lowest BCUT2D eigenvalue weighted by molar-refractivity contribution is -0.134. The van der Waals surface area contributed by atoms with Crippen LogP contribution in [0.3, 0.4) is 0 Å². The molecule has 2 atom stereocenters. The molecule has 0 saturated carbocycles. The molecule has 1 fully saturated rings. The molecule has 1 aromatic carbocycles. The van der Waals surface area contributed by atoms with Crippen LogP contribution in [0.2, 0.25) is 0 Å². The zero-order valence-corrected chi connectivity index (χ0v) is 11.7. The largest absolute Gasteiger partial charge is 0.396 e. The topological polar surface area (TPSA) is 40.5 Å². The summed E-state index contributed by atoms with van der Waals surface area (Å²) in [4.78, 5) is 15.9. The van der Waals surface area contributed by atoms with Crippen LogP contribution in [-0.2, 0) is 4.79 Å². The van der Waals surface area contributed by atoms with Gasteiger partial charge in [-0.2, -0.15) is 0 Å². The van der Waals surface area contributed by atoms with E-state index in [2.05, 4.69) is 12.1 Å². The first-order valence-electron chi connectivity index (χ1n) is 6.91. The number of likely N-dealkylation sites (tertiary alicyclic amines) is 1. The molecule has 1 saturated heterocycles. The van der Waals surface area contributed by atoms with E-state index >= 15 is 0 Å². The molecule has 3 rings (SSSR count). The Morgan fingerprint density at radius 1 is 1.42 bits per heavy atom. The Kier molecular flexibility index (Phi) is 3.80. The molecule has 1 aromatic rings. The van der Waals surface area contributed by atoms with Crippen molar-refractivity contribution in [3.8, 4) is 0 Å². The highest BCUT2D eigenvalue weighted by Crippen LogP contribution is 2.40. The Morgan fingerprint density at radius 3 is 3.11 bits per heavy atom. The number of hydrogen-bond acceptors (Lipinski definition) is 3. The van der Waals surface area contributed by atoms with Gasteiger partial charge in [-0.25, -0.2) is 0 Å². The maximum atomic E-state index is 12.7. The molecule has 0 spiro atoms. The van der Waals surface area contributed by atoms with E-state index in [4.69, 9.17) is 0 Å². The average Bonchev–Trinajstić information content (AvgIpc) is 2.90. The molecule has 1 N–H and O–H groups in total. The van der Waals surface area contributed by atoms with E-state index in [1.807, 2.05) is 17.0 Å². The monoisotopic (exact) mass is 277 g/mol. The molecule has 4 heteroatoms. The predicted molar refractivity (Wildman–Crippen MR) is 76.3 cm³/mol. The summed E-state index contributed by atoms with van der Waals surface area (Å²) < 4.78 is 0. The highest BCUT2D eigenvalue weighted by atomic mass is 32.2. The van der Waals surface area contributed by atoms with Gasteiger partial charge in [-0.3, -0.25) is 4.79 Å². The van der Waals surface area contributed by atoms with Crippen molar-refractivity contribution in [2.45, 2.75) is 23.7 Å². The minimum atomic E-state index is 0.0126. The van der Waals surface area contributed by atoms with Gasteiger partial charge in [0.2, 0.25) is 5.91 Å². The number of nitrogens with zero attached hydrogens (tertiary/aromatic N) is 1. The lowest BCUT2D eigenvalue weighted by Crippen LogP contribution is -2.43. The zero-order valence-electron chi connectivity index (χ0n) is 10.9. The average molecular weight is 277 g/mol. The molecular formula is C15H19NO2S. The van der Waals surface area contributed by atoms with Gasteiger partial charge in [0, 0.05) is 30.3 Å². The summed E-state index contributed by atoms with van der Waals surface area (Å²) in [6, 6.07) is 8.21. The molecule has 2 unspecified atom stereocenters. The van der Waals surface area contributed by atoms with E-state index in [9.17, 15) is 9.90 Å². The number of carbonyl (C=O) groups excluding carboxylic acids is 1. The van der Waals surface area contributed by atoms with Crippen molar-refractivity contribution >= 4 is 17.7 Å². The standard InChI is InChI=1S/C15H19NO2S/c17-9-11-4-3-7-16(8-11)15(18)13-10-19-14-6-2-1-5-12(13)14/h1-2,5-6,11,13,17H,3-4,7-10H2. The lowest BCUT2D eigenvalue weighted by atomic mass is 9.95. The first kappa shape index (κ1) is 13.0. The van der Waals surface area contributed by atoms with Crippen molar-refractivity contribution in [2.24, 2.45) is 5.92 Å². The molecule has 0 bridgehead atoms. The van der Waals surface area contributed by atoms with Crippen LogP contribution >= 0.6 is 11.8 Å². The first-order chi connectivity index (χ1) is 9.29. The summed E-state index contributed by atoms with van der Waals surface area (Å²) in [5, 5.41) is 9.27. The van der Waals surface area contributed by atoms with Crippen LogP contribution in [-0.4, -0.2) is 41.4 Å². The van der Waals surface area contributed by atoms with Gasteiger partial charge in [-0.1, -0.05) is 18.2 Å². The summed E-state index contributed by atoms with van der Waals surface area (Å²) in [6.07, 6.45) is 2.05. The Morgan fingerprint density at radius 2 is 2.26 bits per heavy atom. The number of hydrogen-bond donors (Lipinski definition) is 1. The van der Waals surface area contributed by atoms with Crippen LogP contribution in [0.5, 0.6) is 0 Å². The zero-order chi connectivity index (χ0) is 13.2. The van der Waals surface area contributed by atoms with Crippen LogP contribution in [0.25, 0.3) is 0 Å². The highest BCUT2D eigenvalue weighted by molar-refractivity contribution is 7.99. The Bertz CT molecular complexity index is 477. The van der Waals surface area contributed by atoms with E-state index in [0.29, 0.717) is 0 Å². The lowest BCUT2D eigenvalue weighted by Gasteiger charge is -2.33. The number of rotatable bonds is 2. The fourth-order valence-corrected chi connectivity index (χ4v) is 4.22. The minimum Gasteiger partial charge on any atom is -0.396 e. The molecule has 2 heterocycles. The second kappa shape index (κ2) is 5.55. The van der Waals surface area contributed by atoms with Crippen LogP contribution in [0.15, 0.2) is 29.2 Å². The normalized spacial score (nSPS) is 26.3. The van der Waals surface area contributed by atoms with E-state index < -0.39 is 0 Å². The third-order valence-corrected chi connectivity index (χ3v) is 5.27. The van der Waals surface area contributed by atoms with Crippen molar-refractivity contribution < 1.29 is 9.90 Å². The second-order valence-electron chi connectivity index (χ2n) is 5.38. The third-order valence-electron chi connectivity index (χ3n) is 4.09. The molecule has 102 valence electrons. The number of aliphatic hydroxyl groups is 1. The van der Waals surface area contributed by atoms with Gasteiger partial charge in [0.1, 0.15) is 0 Å². The number of amides is 1. The van der Waals surface area contributed by atoms with Gasteiger partial charge >= 0.3 is 0 Å². The van der Waals surface area contributed by atoms with E-state index in [1.54, 1.807) is 11.8 Å². The molecule has 0 aliphatic carbocycles. The maximum Gasteiger partial charge on any atom is 0.231 e. The Hall–Kier alpha value is -1.00. The van der Waals surface area contributed by atoms with E-state index in [0.717, 1.165) is 31.7 Å². The quantitative estimate of drug-likeness (QED) is 0.900. The molecular weight excluding hydrogens is 258 g/mol. The maximum absolute atomic E-state index is 12.7. The van der Waals surface area contributed by atoms with Gasteiger partial charge in [-0.15, -0.1) is 11.8 Å². The molecule has 1 amide bonds. The minimum absolute atomic E-state index is 0.0126. The molecule has 2 aliphatic heterocycles. The van der Waals surface area contributed by atoms with Gasteiger partial charge < -0.3 is 10.0 Å². The predicted octanol–water partition coefficient (Wildman–Crippen LogP) is 2.11. The van der Waals surface area contributed by atoms with Crippen LogP contribution in [0.1, 0.15) is 24.3 Å². The van der Waals surface area contributed by atoms with Crippen molar-refractivity contribution in [1.82, 2.24) is 4.90 Å². The molecule has 2 aliphatic rings. The van der Waals surface area contributed by atoms with Gasteiger partial charge in [0.05, 0.1) is 5.92 Å². The van der Waals surface area contributed by atoms with Crippen molar-refractivity contribution in [2.75, 3.05) is 25.4 Å². The molecule has 3 nitrogen and oxygen atoms in total. The van der Waals surface area contributed by atoms with Crippen molar-refractivity contribution in [3.05, 3.63) is 29.8 Å². The smallest absolute Gasteiger partial charge is 0.231 e. The SMILES string of the molecule is O=C(C1CSc2ccccc21)N1CCCC(CO)C1. The van der Waals surface area contributed by atoms with Gasteiger partial charge in [0.15, 0.2) is 0 Å². The van der Waals surface area contributed by atoms with Crippen LogP contribution in [0, 0.1) is 5.92 Å². The summed E-state index contributed by atoms with van der Waals surface area (Å²) in [6.45, 7) is 1.76. The van der Waals surface area contributed by atoms with Crippen molar-refractivity contribution in [1.29, 1.82) is 0 Å². The number of thioether (sulfide) groups is 1. The number of benzene rings is 1. The first-order valence-corrected chi connectivity index (χ1v) is 7.89. The van der Waals surface area contributed by atoms with Crippen LogP contribution in [0.4, 0.5) is 0 Å². The van der Waals surface area contributed by atoms with E-state index in [1.165, 1.54) is 10.5 Å². The van der Waals surface area contributed by atoms with Crippen molar-refractivity contribution in [3.63, 3.8) is 0 Å². The molecule has 19 heavy (non-hydrogen) atoms. The van der Waals surface area contributed by atoms with E-state index in [-0.39, 0.29) is 24.3 Å². The third kappa shape index (κ3) is 2.51. The molecule has 0 radical (unpaired) electrons. The summed E-state index contributed by atoms with van der Waals surface area (Å²) in [5.41, 5.74) is 1.18.